The van der Waals surface area contributed by atoms with Gasteiger partial charge in [-0.3, -0.25) is 4.68 Å². The van der Waals surface area contributed by atoms with Crippen LogP contribution in [0.2, 0.25) is 0 Å². The Morgan fingerprint density at radius 3 is 3.05 bits per heavy atom. The van der Waals surface area contributed by atoms with Gasteiger partial charge in [0.25, 0.3) is 5.82 Å². The number of nitrogen functional groups attached to an aromatic ring is 1. The summed E-state index contributed by atoms with van der Waals surface area (Å²) in [6.45, 7) is 1.13. The van der Waals surface area contributed by atoms with Gasteiger partial charge in [0.2, 0.25) is 0 Å². The first kappa shape index (κ1) is 13.9. The van der Waals surface area contributed by atoms with E-state index >= 15 is 0 Å². The van der Waals surface area contributed by atoms with Crippen LogP contribution in [-0.4, -0.2) is 34.5 Å². The maximum Gasteiger partial charge on any atom is 0.377 e. The predicted octanol–water partition coefficient (Wildman–Crippen LogP) is 1.12. The Labute approximate surface area is 116 Å². The van der Waals surface area contributed by atoms with Crippen LogP contribution in [0.1, 0.15) is 17.0 Å². The number of aromatic nitrogens is 3. The van der Waals surface area contributed by atoms with Gasteiger partial charge in [-0.25, -0.2) is 9.78 Å². The number of nitrogens with two attached hydrogens (primary N) is 1. The number of carbonyl (C=O) groups is 1. The zero-order chi connectivity index (χ0) is 14.4. The van der Waals surface area contributed by atoms with Crippen molar-refractivity contribution in [2.75, 3.05) is 19.5 Å². The molecular formula is C13H16N4O3. The molecule has 20 heavy (non-hydrogen) atoms. The van der Waals surface area contributed by atoms with E-state index < -0.39 is 5.97 Å². The number of esters is 1. The van der Waals surface area contributed by atoms with Gasteiger partial charge in [0.05, 0.1) is 13.7 Å². The van der Waals surface area contributed by atoms with Gasteiger partial charge in [-0.15, -0.1) is 5.10 Å². The number of nitrogens with zero attached hydrogens (tertiary/aromatic N) is 3. The molecule has 2 N–H and O–H groups in total. The molecule has 0 aliphatic heterocycles. The Balaban J connectivity index is 1.76. The molecule has 2 aromatic rings. The number of rotatable bonds is 6. The maximum absolute atomic E-state index is 11.2. The second-order valence-corrected chi connectivity index (χ2v) is 4.10. The van der Waals surface area contributed by atoms with Gasteiger partial charge >= 0.3 is 5.97 Å². The van der Waals surface area contributed by atoms with Crippen LogP contribution < -0.4 is 10.5 Å². The van der Waals surface area contributed by atoms with Gasteiger partial charge in [0, 0.05) is 24.7 Å². The fraction of sp³-hybridized carbons (Fsp3) is 0.308. The van der Waals surface area contributed by atoms with Crippen molar-refractivity contribution in [3.63, 3.8) is 0 Å². The van der Waals surface area contributed by atoms with Gasteiger partial charge in [0.15, 0.2) is 0 Å². The summed E-state index contributed by atoms with van der Waals surface area (Å²) in [5, 5.41) is 4.00. The summed E-state index contributed by atoms with van der Waals surface area (Å²) in [5.74, 6) is 0.253. The average Bonchev–Trinajstić information content (AvgIpc) is 2.92. The smallest absolute Gasteiger partial charge is 0.377 e. The Kier molecular flexibility index (Phi) is 4.54. The topological polar surface area (TPSA) is 92.3 Å². The van der Waals surface area contributed by atoms with Crippen LogP contribution in [0.25, 0.3) is 0 Å². The highest BCUT2D eigenvalue weighted by Crippen LogP contribution is 2.14. The van der Waals surface area contributed by atoms with E-state index in [4.69, 9.17) is 10.5 Å². The van der Waals surface area contributed by atoms with Crippen LogP contribution in [-0.2, 0) is 11.3 Å². The van der Waals surface area contributed by atoms with E-state index in [1.165, 1.54) is 13.4 Å². The molecule has 0 saturated heterocycles. The second-order valence-electron chi connectivity index (χ2n) is 4.10. The molecule has 0 amide bonds. The molecule has 7 heteroatoms. The number of anilines is 1. The van der Waals surface area contributed by atoms with E-state index in [0.717, 1.165) is 12.2 Å². The van der Waals surface area contributed by atoms with E-state index in [1.54, 1.807) is 16.8 Å². The molecule has 0 saturated carbocycles. The Morgan fingerprint density at radius 2 is 2.30 bits per heavy atom. The molecule has 1 heterocycles. The number of aryl methyl sites for hydroxylation is 1. The van der Waals surface area contributed by atoms with Crippen LogP contribution >= 0.6 is 0 Å². The summed E-state index contributed by atoms with van der Waals surface area (Å²) in [6, 6.07) is 7.26. The summed E-state index contributed by atoms with van der Waals surface area (Å²) in [7, 11) is 1.29. The number of benzene rings is 1. The molecule has 0 bridgehead atoms. The largest absolute Gasteiger partial charge is 0.493 e. The van der Waals surface area contributed by atoms with Crippen molar-refractivity contribution < 1.29 is 14.3 Å². The van der Waals surface area contributed by atoms with Crippen LogP contribution in [0.3, 0.4) is 0 Å². The maximum atomic E-state index is 11.2. The monoisotopic (exact) mass is 276 g/mol. The van der Waals surface area contributed by atoms with E-state index in [0.29, 0.717) is 18.8 Å². The minimum Gasteiger partial charge on any atom is -0.493 e. The molecule has 0 spiro atoms. The van der Waals surface area contributed by atoms with Gasteiger partial charge in [0.1, 0.15) is 12.1 Å². The Hall–Kier alpha value is -2.57. The molecule has 1 aromatic carbocycles. The lowest BCUT2D eigenvalue weighted by Crippen LogP contribution is -2.08. The van der Waals surface area contributed by atoms with Gasteiger partial charge < -0.3 is 15.2 Å². The second kappa shape index (κ2) is 6.55. The number of ether oxygens (including phenoxy) is 2. The summed E-state index contributed by atoms with van der Waals surface area (Å²) in [6.07, 6.45) is 2.23. The summed E-state index contributed by atoms with van der Waals surface area (Å²) >= 11 is 0. The third kappa shape index (κ3) is 3.71. The van der Waals surface area contributed by atoms with Gasteiger partial charge in [-0.05, 0) is 12.1 Å². The van der Waals surface area contributed by atoms with E-state index in [2.05, 4.69) is 14.8 Å². The van der Waals surface area contributed by atoms with Crippen molar-refractivity contribution in [2.45, 2.75) is 13.0 Å². The molecule has 7 nitrogen and oxygen atoms in total. The van der Waals surface area contributed by atoms with Crippen molar-refractivity contribution in [1.82, 2.24) is 14.8 Å². The summed E-state index contributed by atoms with van der Waals surface area (Å²) in [5.41, 5.74) is 6.32. The van der Waals surface area contributed by atoms with Crippen molar-refractivity contribution in [3.8, 4) is 5.75 Å². The molecule has 0 radical (unpaired) electrons. The lowest BCUT2D eigenvalue weighted by Gasteiger charge is -2.06. The molecule has 0 atom stereocenters. The normalized spacial score (nSPS) is 10.2. The third-order valence-electron chi connectivity index (χ3n) is 2.56. The average molecular weight is 276 g/mol. The Morgan fingerprint density at radius 1 is 1.45 bits per heavy atom. The van der Waals surface area contributed by atoms with Crippen LogP contribution in [0.15, 0.2) is 30.6 Å². The zero-order valence-electron chi connectivity index (χ0n) is 11.2. The highest BCUT2D eigenvalue weighted by Gasteiger charge is 2.10. The Bertz CT molecular complexity index is 583. The first-order valence-electron chi connectivity index (χ1n) is 6.15. The van der Waals surface area contributed by atoms with Crippen molar-refractivity contribution >= 4 is 11.7 Å². The molecule has 2 rings (SSSR count). The SMILES string of the molecule is COC(=O)c1ncn(CCCOc2cccc(N)c2)n1. The standard InChI is InChI=1S/C13H16N4O3/c1-19-13(18)12-15-9-17(16-12)6-3-7-20-11-5-2-4-10(14)8-11/h2,4-5,8-9H,3,6-7,14H2,1H3. The van der Waals surface area contributed by atoms with Crippen LogP contribution in [0.5, 0.6) is 5.75 Å². The first-order chi connectivity index (χ1) is 9.69. The molecule has 106 valence electrons. The predicted molar refractivity (Wildman–Crippen MR) is 72.3 cm³/mol. The highest BCUT2D eigenvalue weighted by molar-refractivity contribution is 5.84. The lowest BCUT2D eigenvalue weighted by atomic mass is 10.3. The molecule has 1 aromatic heterocycles. The number of carbonyl (C=O) groups excluding carboxylic acids is 1. The minimum atomic E-state index is -0.542. The number of hydrogen-bond acceptors (Lipinski definition) is 6. The van der Waals surface area contributed by atoms with Crippen LogP contribution in [0.4, 0.5) is 5.69 Å². The van der Waals surface area contributed by atoms with Gasteiger partial charge in [-0.1, -0.05) is 6.07 Å². The van der Waals surface area contributed by atoms with Crippen molar-refractivity contribution in [1.29, 1.82) is 0 Å². The van der Waals surface area contributed by atoms with Crippen molar-refractivity contribution in [3.05, 3.63) is 36.4 Å². The zero-order valence-corrected chi connectivity index (χ0v) is 11.2. The van der Waals surface area contributed by atoms with Crippen LogP contribution in [0, 0.1) is 0 Å². The molecule has 0 aliphatic rings. The molecule has 0 aliphatic carbocycles. The fourth-order valence-corrected chi connectivity index (χ4v) is 1.61. The minimum absolute atomic E-state index is 0.0595. The first-order valence-corrected chi connectivity index (χ1v) is 6.15. The van der Waals surface area contributed by atoms with E-state index in [-0.39, 0.29) is 5.82 Å². The third-order valence-corrected chi connectivity index (χ3v) is 2.56. The number of hydrogen-bond donors (Lipinski definition) is 1. The van der Waals surface area contributed by atoms with Crippen molar-refractivity contribution in [2.24, 2.45) is 0 Å². The van der Waals surface area contributed by atoms with E-state index in [1.807, 2.05) is 12.1 Å². The summed E-state index contributed by atoms with van der Waals surface area (Å²) < 4.78 is 11.7. The molecule has 0 unspecified atom stereocenters. The molecule has 0 fully saturated rings. The quantitative estimate of drug-likeness (QED) is 0.483. The summed E-state index contributed by atoms with van der Waals surface area (Å²) in [4.78, 5) is 15.0. The highest BCUT2D eigenvalue weighted by atomic mass is 16.5. The number of methoxy groups -OCH3 is 1. The fourth-order valence-electron chi connectivity index (χ4n) is 1.61. The van der Waals surface area contributed by atoms with Gasteiger partial charge in [-0.2, -0.15) is 0 Å². The van der Waals surface area contributed by atoms with E-state index in [9.17, 15) is 4.79 Å². The molecular weight excluding hydrogens is 260 g/mol. The lowest BCUT2D eigenvalue weighted by molar-refractivity contribution is 0.0586.